The van der Waals surface area contributed by atoms with Crippen molar-refractivity contribution in [3.8, 4) is 0 Å². The summed E-state index contributed by atoms with van der Waals surface area (Å²) >= 11 is 0. The third-order valence-electron chi connectivity index (χ3n) is 2.33. The monoisotopic (exact) mass is 178 g/mol. The van der Waals surface area contributed by atoms with Gasteiger partial charge in [0.1, 0.15) is 5.82 Å². The molecule has 0 atom stereocenters. The smallest absolute Gasteiger partial charge is 0.147 e. The Kier molecular flexibility index (Phi) is 2.40. The van der Waals surface area contributed by atoms with Crippen LogP contribution in [0.3, 0.4) is 0 Å². The molecule has 2 N–H and O–H groups in total. The fraction of sp³-hybridized carbons (Fsp3) is 0.556. The molecule has 0 bridgehead atoms. The normalized spacial score (nSPS) is 16.5. The van der Waals surface area contributed by atoms with Gasteiger partial charge in [-0.15, -0.1) is 0 Å². The number of rotatable bonds is 2. The van der Waals surface area contributed by atoms with Crippen LogP contribution < -0.4 is 10.6 Å². The van der Waals surface area contributed by atoms with Gasteiger partial charge in [-0.2, -0.15) is 0 Å². The Hall–Kier alpha value is -1.16. The highest BCUT2D eigenvalue weighted by Crippen LogP contribution is 2.15. The third-order valence-corrected chi connectivity index (χ3v) is 2.33. The highest BCUT2D eigenvalue weighted by Gasteiger charge is 2.13. The summed E-state index contributed by atoms with van der Waals surface area (Å²) in [4.78, 5) is 10.8. The van der Waals surface area contributed by atoms with Crippen LogP contribution >= 0.6 is 0 Å². The van der Waals surface area contributed by atoms with Gasteiger partial charge in [0.2, 0.25) is 0 Å². The van der Waals surface area contributed by atoms with Crippen LogP contribution in [0.1, 0.15) is 18.5 Å². The van der Waals surface area contributed by atoms with Crippen LogP contribution in [0.15, 0.2) is 12.4 Å². The molecule has 0 amide bonds. The average Bonchev–Trinajstić information content (AvgIpc) is 2.71. The molecule has 0 aromatic carbocycles. The summed E-state index contributed by atoms with van der Waals surface area (Å²) in [6.07, 6.45) is 6.10. The summed E-state index contributed by atoms with van der Waals surface area (Å²) in [5.74, 6) is 0.981. The number of nitrogens with zero attached hydrogens (tertiary/aromatic N) is 3. The maximum atomic E-state index is 5.44. The predicted molar refractivity (Wildman–Crippen MR) is 51.4 cm³/mol. The Labute approximate surface area is 77.8 Å². The molecule has 1 aromatic heterocycles. The molecular weight excluding hydrogens is 164 g/mol. The van der Waals surface area contributed by atoms with E-state index >= 15 is 0 Å². The van der Waals surface area contributed by atoms with E-state index in [9.17, 15) is 0 Å². The number of anilines is 1. The fourth-order valence-corrected chi connectivity index (χ4v) is 1.56. The molecule has 4 heteroatoms. The number of hydrogen-bond acceptors (Lipinski definition) is 4. The lowest BCUT2D eigenvalue weighted by atomic mass is 10.4. The molecule has 13 heavy (non-hydrogen) atoms. The Morgan fingerprint density at radius 2 is 2.00 bits per heavy atom. The Balaban J connectivity index is 2.12. The fourth-order valence-electron chi connectivity index (χ4n) is 1.56. The summed E-state index contributed by atoms with van der Waals surface area (Å²) < 4.78 is 0. The number of aromatic nitrogens is 2. The van der Waals surface area contributed by atoms with Crippen molar-refractivity contribution in [3.05, 3.63) is 18.1 Å². The van der Waals surface area contributed by atoms with Gasteiger partial charge in [-0.05, 0) is 12.8 Å². The van der Waals surface area contributed by atoms with Crippen molar-refractivity contribution in [2.24, 2.45) is 5.73 Å². The van der Waals surface area contributed by atoms with Gasteiger partial charge in [-0.1, -0.05) is 0 Å². The maximum Gasteiger partial charge on any atom is 0.147 e. The standard InChI is InChI=1S/C9H14N4/c10-5-8-6-12-9(7-11-8)13-3-1-2-4-13/h6-7H,1-5,10H2. The molecule has 70 valence electrons. The van der Waals surface area contributed by atoms with Crippen LogP contribution in [0.4, 0.5) is 5.82 Å². The molecule has 1 aliphatic heterocycles. The Morgan fingerprint density at radius 1 is 1.23 bits per heavy atom. The molecule has 0 spiro atoms. The third kappa shape index (κ3) is 1.78. The Morgan fingerprint density at radius 3 is 2.54 bits per heavy atom. The zero-order valence-corrected chi connectivity index (χ0v) is 7.61. The number of hydrogen-bond donors (Lipinski definition) is 1. The van der Waals surface area contributed by atoms with Crippen molar-refractivity contribution in [2.75, 3.05) is 18.0 Å². The van der Waals surface area contributed by atoms with Crippen LogP contribution in [0.2, 0.25) is 0 Å². The number of nitrogens with two attached hydrogens (primary N) is 1. The summed E-state index contributed by atoms with van der Waals surface area (Å²) in [5, 5.41) is 0. The minimum absolute atomic E-state index is 0.466. The van der Waals surface area contributed by atoms with Gasteiger partial charge >= 0.3 is 0 Å². The summed E-state index contributed by atoms with van der Waals surface area (Å²) in [6, 6.07) is 0. The molecule has 1 saturated heterocycles. The lowest BCUT2D eigenvalue weighted by molar-refractivity contribution is 0.898. The lowest BCUT2D eigenvalue weighted by Crippen LogP contribution is -2.19. The van der Waals surface area contributed by atoms with Crippen LogP contribution in [0.5, 0.6) is 0 Å². The zero-order valence-electron chi connectivity index (χ0n) is 7.61. The topological polar surface area (TPSA) is 55.0 Å². The molecule has 4 nitrogen and oxygen atoms in total. The van der Waals surface area contributed by atoms with Crippen molar-refractivity contribution in [1.29, 1.82) is 0 Å². The minimum atomic E-state index is 0.466. The molecule has 2 heterocycles. The van der Waals surface area contributed by atoms with E-state index < -0.39 is 0 Å². The van der Waals surface area contributed by atoms with Gasteiger partial charge in [0.15, 0.2) is 0 Å². The van der Waals surface area contributed by atoms with Crippen molar-refractivity contribution in [2.45, 2.75) is 19.4 Å². The van der Waals surface area contributed by atoms with Crippen LogP contribution in [0.25, 0.3) is 0 Å². The van der Waals surface area contributed by atoms with E-state index in [0.717, 1.165) is 24.6 Å². The minimum Gasteiger partial charge on any atom is -0.355 e. The van der Waals surface area contributed by atoms with Gasteiger partial charge < -0.3 is 10.6 Å². The predicted octanol–water partition coefficient (Wildman–Crippen LogP) is 0.535. The van der Waals surface area contributed by atoms with Crippen molar-refractivity contribution >= 4 is 5.82 Å². The molecule has 2 rings (SSSR count). The van der Waals surface area contributed by atoms with Gasteiger partial charge in [-0.25, -0.2) is 4.98 Å². The highest BCUT2D eigenvalue weighted by atomic mass is 15.2. The molecule has 0 saturated carbocycles. The molecule has 0 radical (unpaired) electrons. The first kappa shape index (κ1) is 8.44. The van der Waals surface area contributed by atoms with Crippen molar-refractivity contribution in [3.63, 3.8) is 0 Å². The van der Waals surface area contributed by atoms with Gasteiger partial charge in [0, 0.05) is 19.6 Å². The molecular formula is C9H14N4. The average molecular weight is 178 g/mol. The van der Waals surface area contributed by atoms with Crippen molar-refractivity contribution < 1.29 is 0 Å². The highest BCUT2D eigenvalue weighted by molar-refractivity contribution is 5.36. The van der Waals surface area contributed by atoms with E-state index in [2.05, 4.69) is 14.9 Å². The van der Waals surface area contributed by atoms with E-state index in [4.69, 9.17) is 5.73 Å². The van der Waals surface area contributed by atoms with E-state index in [-0.39, 0.29) is 0 Å². The van der Waals surface area contributed by atoms with Crippen LogP contribution in [-0.2, 0) is 6.54 Å². The molecule has 1 aliphatic rings. The van der Waals surface area contributed by atoms with Gasteiger partial charge in [-0.3, -0.25) is 4.98 Å². The summed E-state index contributed by atoms with van der Waals surface area (Å²) in [6.45, 7) is 2.68. The first-order valence-electron chi connectivity index (χ1n) is 4.66. The SMILES string of the molecule is NCc1cnc(N2CCCC2)cn1. The van der Waals surface area contributed by atoms with E-state index in [1.807, 2.05) is 6.20 Å². The van der Waals surface area contributed by atoms with Crippen LogP contribution in [0, 0.1) is 0 Å². The Bertz CT molecular complexity index is 263. The van der Waals surface area contributed by atoms with Gasteiger partial charge in [0.05, 0.1) is 18.1 Å². The van der Waals surface area contributed by atoms with E-state index in [0.29, 0.717) is 6.54 Å². The quantitative estimate of drug-likeness (QED) is 0.718. The molecule has 0 aliphatic carbocycles. The first-order valence-corrected chi connectivity index (χ1v) is 4.66. The molecule has 1 aromatic rings. The second-order valence-electron chi connectivity index (χ2n) is 3.26. The zero-order chi connectivity index (χ0) is 9.10. The second-order valence-corrected chi connectivity index (χ2v) is 3.26. The second kappa shape index (κ2) is 3.70. The van der Waals surface area contributed by atoms with Crippen molar-refractivity contribution in [1.82, 2.24) is 9.97 Å². The van der Waals surface area contributed by atoms with Crippen LogP contribution in [-0.4, -0.2) is 23.1 Å². The summed E-state index contributed by atoms with van der Waals surface area (Å²) in [5.41, 5.74) is 6.29. The lowest BCUT2D eigenvalue weighted by Gasteiger charge is -2.15. The van der Waals surface area contributed by atoms with E-state index in [1.165, 1.54) is 12.8 Å². The largest absolute Gasteiger partial charge is 0.355 e. The molecule has 0 unspecified atom stereocenters. The first-order chi connectivity index (χ1) is 6.40. The summed E-state index contributed by atoms with van der Waals surface area (Å²) in [7, 11) is 0. The van der Waals surface area contributed by atoms with E-state index in [1.54, 1.807) is 6.20 Å². The van der Waals surface area contributed by atoms with Gasteiger partial charge in [0.25, 0.3) is 0 Å². The maximum absolute atomic E-state index is 5.44. The molecule has 1 fully saturated rings.